The first-order valence-electron chi connectivity index (χ1n) is 8.59. The summed E-state index contributed by atoms with van der Waals surface area (Å²) in [4.78, 5) is 4.07. The Kier molecular flexibility index (Phi) is 5.20. The molecule has 2 heterocycles. The van der Waals surface area contributed by atoms with Crippen LogP contribution in [0.5, 0.6) is 0 Å². The van der Waals surface area contributed by atoms with Gasteiger partial charge in [-0.1, -0.05) is 47.7 Å². The Hall–Kier alpha value is -3.06. The van der Waals surface area contributed by atoms with Gasteiger partial charge in [0.1, 0.15) is 10.8 Å². The number of nitrogens with one attached hydrogen (secondary N) is 1. The van der Waals surface area contributed by atoms with Crippen LogP contribution < -0.4 is 5.32 Å². The summed E-state index contributed by atoms with van der Waals surface area (Å²) in [5.41, 5.74) is 3.43. The topological polar surface area (TPSA) is 55.6 Å². The zero-order chi connectivity index (χ0) is 18.5. The monoisotopic (exact) mass is 379 g/mol. The van der Waals surface area contributed by atoms with Crippen molar-refractivity contribution in [1.82, 2.24) is 19.7 Å². The van der Waals surface area contributed by atoms with E-state index in [-0.39, 0.29) is 5.82 Å². The van der Waals surface area contributed by atoms with E-state index in [0.717, 1.165) is 22.2 Å². The number of hydrogen-bond acceptors (Lipinski definition) is 5. The van der Waals surface area contributed by atoms with Crippen LogP contribution in [0.4, 0.5) is 9.52 Å². The molecule has 0 radical (unpaired) electrons. The first-order valence-corrected chi connectivity index (χ1v) is 9.40. The normalized spacial score (nSPS) is 10.9. The molecule has 2 aromatic heterocycles. The van der Waals surface area contributed by atoms with Crippen molar-refractivity contribution in [3.63, 3.8) is 0 Å². The number of anilines is 1. The summed E-state index contributed by atoms with van der Waals surface area (Å²) in [6.45, 7) is 1.48. The molecule has 136 valence electrons. The molecule has 4 rings (SSSR count). The van der Waals surface area contributed by atoms with Gasteiger partial charge in [0.05, 0.1) is 6.33 Å². The summed E-state index contributed by atoms with van der Waals surface area (Å²) < 4.78 is 15.0. The average molecular weight is 379 g/mol. The van der Waals surface area contributed by atoms with Crippen molar-refractivity contribution >= 4 is 16.5 Å². The first-order chi connectivity index (χ1) is 13.2. The number of hydrogen-bond donors (Lipinski definition) is 1. The first kappa shape index (κ1) is 17.4. The van der Waals surface area contributed by atoms with Crippen molar-refractivity contribution in [3.8, 4) is 0 Å². The third kappa shape index (κ3) is 4.77. The Balaban J connectivity index is 1.35. The molecule has 0 unspecified atom stereocenters. The minimum Gasteiger partial charge on any atom is -0.356 e. The van der Waals surface area contributed by atoms with Crippen LogP contribution in [0.2, 0.25) is 0 Å². The standard InChI is InChI=1S/C20H18FN5S/c21-18-6-4-15(5-7-18)11-19-24-25-20(27-19)23-12-16-2-1-3-17(10-16)13-26-9-8-22-14-26/h1-10,14H,11-13H2,(H,23,25). The van der Waals surface area contributed by atoms with Crippen molar-refractivity contribution in [2.45, 2.75) is 19.5 Å². The van der Waals surface area contributed by atoms with Crippen LogP contribution in [0.15, 0.2) is 67.3 Å². The third-order valence-corrected chi connectivity index (χ3v) is 4.98. The van der Waals surface area contributed by atoms with Gasteiger partial charge in [-0.3, -0.25) is 0 Å². The van der Waals surface area contributed by atoms with Crippen molar-refractivity contribution < 1.29 is 4.39 Å². The van der Waals surface area contributed by atoms with Gasteiger partial charge in [0.25, 0.3) is 0 Å². The van der Waals surface area contributed by atoms with E-state index < -0.39 is 0 Å². The van der Waals surface area contributed by atoms with Crippen LogP contribution in [0.1, 0.15) is 21.7 Å². The maximum atomic E-state index is 13.0. The molecule has 4 aromatic rings. The maximum absolute atomic E-state index is 13.0. The molecule has 0 bridgehead atoms. The maximum Gasteiger partial charge on any atom is 0.205 e. The van der Waals surface area contributed by atoms with Gasteiger partial charge in [-0.15, -0.1) is 10.2 Å². The summed E-state index contributed by atoms with van der Waals surface area (Å²) in [6, 6.07) is 14.9. The average Bonchev–Trinajstić information content (AvgIpc) is 3.34. The molecule has 0 aliphatic heterocycles. The summed E-state index contributed by atoms with van der Waals surface area (Å²) in [7, 11) is 0. The van der Waals surface area contributed by atoms with Crippen LogP contribution in [0, 0.1) is 5.82 Å². The molecule has 2 aromatic carbocycles. The quantitative estimate of drug-likeness (QED) is 0.525. The molecule has 7 heteroatoms. The predicted molar refractivity (Wildman–Crippen MR) is 104 cm³/mol. The highest BCUT2D eigenvalue weighted by Gasteiger charge is 2.06. The molecule has 0 amide bonds. The fourth-order valence-electron chi connectivity index (χ4n) is 2.78. The number of halogens is 1. The molecule has 1 N–H and O–H groups in total. The SMILES string of the molecule is Fc1ccc(Cc2nnc(NCc3cccc(Cn4ccnc4)c3)s2)cc1. The van der Waals surface area contributed by atoms with Crippen molar-refractivity contribution in [3.05, 3.63) is 94.8 Å². The van der Waals surface area contributed by atoms with E-state index in [4.69, 9.17) is 0 Å². The lowest BCUT2D eigenvalue weighted by molar-refractivity contribution is 0.627. The van der Waals surface area contributed by atoms with E-state index in [1.54, 1.807) is 18.3 Å². The molecule has 0 aliphatic carbocycles. The number of rotatable bonds is 7. The van der Waals surface area contributed by atoms with Gasteiger partial charge in [-0.25, -0.2) is 9.37 Å². The van der Waals surface area contributed by atoms with Crippen molar-refractivity contribution in [2.24, 2.45) is 0 Å². The van der Waals surface area contributed by atoms with E-state index in [0.29, 0.717) is 13.0 Å². The van der Waals surface area contributed by atoms with Gasteiger partial charge in [-0.05, 0) is 28.8 Å². The number of benzene rings is 2. The van der Waals surface area contributed by atoms with Crippen molar-refractivity contribution in [1.29, 1.82) is 0 Å². The van der Waals surface area contributed by atoms with Gasteiger partial charge in [0.15, 0.2) is 0 Å². The fourth-order valence-corrected chi connectivity index (χ4v) is 3.55. The van der Waals surface area contributed by atoms with Crippen LogP contribution in [0.3, 0.4) is 0 Å². The zero-order valence-electron chi connectivity index (χ0n) is 14.5. The fraction of sp³-hybridized carbons (Fsp3) is 0.150. The molecule has 0 fully saturated rings. The van der Waals surface area contributed by atoms with Gasteiger partial charge in [0.2, 0.25) is 5.13 Å². The molecule has 5 nitrogen and oxygen atoms in total. The van der Waals surface area contributed by atoms with Crippen LogP contribution in [0.25, 0.3) is 0 Å². The van der Waals surface area contributed by atoms with E-state index in [1.165, 1.54) is 34.6 Å². The number of nitrogens with zero attached hydrogens (tertiary/aromatic N) is 4. The van der Waals surface area contributed by atoms with Gasteiger partial charge < -0.3 is 9.88 Å². The van der Waals surface area contributed by atoms with Crippen LogP contribution in [-0.2, 0) is 19.5 Å². The molecule has 0 saturated carbocycles. The molecule has 27 heavy (non-hydrogen) atoms. The molecular weight excluding hydrogens is 361 g/mol. The van der Waals surface area contributed by atoms with Gasteiger partial charge >= 0.3 is 0 Å². The lowest BCUT2D eigenvalue weighted by Gasteiger charge is -2.06. The van der Waals surface area contributed by atoms with Crippen LogP contribution in [-0.4, -0.2) is 19.7 Å². The van der Waals surface area contributed by atoms with Crippen LogP contribution >= 0.6 is 11.3 Å². The molecule has 0 saturated heterocycles. The van der Waals surface area contributed by atoms with Gasteiger partial charge in [0, 0.05) is 31.9 Å². The molecule has 0 spiro atoms. The Bertz CT molecular complexity index is 995. The second-order valence-electron chi connectivity index (χ2n) is 6.21. The Labute approximate surface area is 160 Å². The minimum atomic E-state index is -0.228. The Morgan fingerprint density at radius 1 is 1.00 bits per heavy atom. The highest BCUT2D eigenvalue weighted by atomic mass is 32.1. The van der Waals surface area contributed by atoms with E-state index >= 15 is 0 Å². The van der Waals surface area contributed by atoms with Crippen molar-refractivity contribution in [2.75, 3.05) is 5.32 Å². The highest BCUT2D eigenvalue weighted by Crippen LogP contribution is 2.19. The lowest BCUT2D eigenvalue weighted by Crippen LogP contribution is -2.01. The smallest absolute Gasteiger partial charge is 0.205 e. The van der Waals surface area contributed by atoms with Gasteiger partial charge in [-0.2, -0.15) is 0 Å². The Morgan fingerprint density at radius 3 is 2.67 bits per heavy atom. The zero-order valence-corrected chi connectivity index (χ0v) is 15.4. The summed E-state index contributed by atoms with van der Waals surface area (Å²) in [5.74, 6) is -0.228. The van der Waals surface area contributed by atoms with E-state index in [9.17, 15) is 4.39 Å². The summed E-state index contributed by atoms with van der Waals surface area (Å²) in [5, 5.41) is 13.4. The Morgan fingerprint density at radius 2 is 1.85 bits per heavy atom. The molecular formula is C20H18FN5S. The lowest BCUT2D eigenvalue weighted by atomic mass is 10.1. The van der Waals surface area contributed by atoms with E-state index in [1.807, 2.05) is 17.1 Å². The second-order valence-corrected chi connectivity index (χ2v) is 7.27. The summed E-state index contributed by atoms with van der Waals surface area (Å²) in [6.07, 6.45) is 6.20. The highest BCUT2D eigenvalue weighted by molar-refractivity contribution is 7.15. The minimum absolute atomic E-state index is 0.228. The molecule has 0 atom stereocenters. The molecule has 0 aliphatic rings. The number of aromatic nitrogens is 4. The largest absolute Gasteiger partial charge is 0.356 e. The number of imidazole rings is 1. The predicted octanol–water partition coefficient (Wildman–Crippen LogP) is 4.12. The van der Waals surface area contributed by atoms with E-state index in [2.05, 4.69) is 44.8 Å². The third-order valence-electron chi connectivity index (χ3n) is 4.09. The summed E-state index contributed by atoms with van der Waals surface area (Å²) >= 11 is 1.52. The second kappa shape index (κ2) is 8.09.